The van der Waals surface area contributed by atoms with Gasteiger partial charge in [-0.3, -0.25) is 14.4 Å². The summed E-state index contributed by atoms with van der Waals surface area (Å²) in [6.07, 6.45) is 0.482. The molecule has 8 nitrogen and oxygen atoms in total. The maximum atomic E-state index is 12.1. The lowest BCUT2D eigenvalue weighted by Gasteiger charge is -2.36. The number of ether oxygens (including phenoxy) is 1. The number of carbonyl (C=O) groups is 3. The molecule has 1 aliphatic heterocycles. The summed E-state index contributed by atoms with van der Waals surface area (Å²) < 4.78 is 5.98. The molecule has 1 heterocycles. The second-order valence-electron chi connectivity index (χ2n) is 25.1. The largest absolute Gasteiger partial charge is 0.507 e. The molecule has 4 N–H and O–H groups in total. The highest BCUT2D eigenvalue weighted by Gasteiger charge is 2.64. The Bertz CT molecular complexity index is 4050. The third-order valence-corrected chi connectivity index (χ3v) is 19.1. The van der Waals surface area contributed by atoms with Gasteiger partial charge in [0, 0.05) is 39.2 Å². The molecule has 4 aliphatic carbocycles. The molecule has 0 bridgehead atoms. The molecule has 9 aromatic carbocycles. The Labute approximate surface area is 633 Å². The number of aliphatic carboxylic acids is 2. The summed E-state index contributed by atoms with van der Waals surface area (Å²) in [5.41, 5.74) is 14.1. The van der Waals surface area contributed by atoms with Gasteiger partial charge in [0.15, 0.2) is 5.60 Å². The van der Waals surface area contributed by atoms with E-state index in [4.69, 9.17) is 4.74 Å². The van der Waals surface area contributed by atoms with Crippen LogP contribution in [0, 0.1) is 11.8 Å². The minimum Gasteiger partial charge on any atom is -0.507 e. The van der Waals surface area contributed by atoms with Gasteiger partial charge in [-0.1, -0.05) is 386 Å². The maximum Gasteiger partial charge on any atom is 0.307 e. The second kappa shape index (κ2) is 41.8. The van der Waals surface area contributed by atoms with Crippen molar-refractivity contribution in [2.75, 3.05) is 0 Å². The number of rotatable bonds is 7. The fourth-order valence-corrected chi connectivity index (χ4v) is 15.0. The Morgan fingerprint density at radius 2 is 0.814 bits per heavy atom. The topological polar surface area (TPSA) is 141 Å². The number of hydrogen-bond donors (Lipinski definition) is 4. The Hall–Kier alpha value is -8.12. The zero-order valence-electron chi connectivity index (χ0n) is 65.4. The molecular weight excluding hydrogens is 1370 g/mol. The summed E-state index contributed by atoms with van der Waals surface area (Å²) in [5, 5.41) is 42.7. The van der Waals surface area contributed by atoms with Crippen LogP contribution in [0.25, 0.3) is 27.5 Å². The van der Waals surface area contributed by atoms with E-state index >= 15 is 0 Å². The lowest BCUT2D eigenvalue weighted by molar-refractivity contribution is -0.147. The average Bonchev–Trinajstić information content (AvgIpc) is 1.54. The first kappa shape index (κ1) is 91.9. The van der Waals surface area contributed by atoms with Gasteiger partial charge in [0.05, 0.1) is 19.3 Å². The van der Waals surface area contributed by atoms with Crippen LogP contribution in [0.1, 0.15) is 254 Å². The van der Waals surface area contributed by atoms with Gasteiger partial charge in [0.2, 0.25) is 0 Å². The Kier molecular flexibility index (Phi) is 37.7. The molecule has 0 amide bonds. The number of aromatic hydroxyl groups is 1. The van der Waals surface area contributed by atoms with E-state index in [-0.39, 0.29) is 72.4 Å². The fourth-order valence-electron chi connectivity index (χ4n) is 15.0. The average molecular weight is 1500 g/mol. The monoisotopic (exact) mass is 1500 g/mol. The number of carboxylic acid groups (broad SMARTS) is 2. The molecule has 552 valence electrons. The summed E-state index contributed by atoms with van der Waals surface area (Å²) >= 11 is 0. The van der Waals surface area contributed by atoms with Crippen molar-refractivity contribution in [1.82, 2.24) is 0 Å². The van der Waals surface area contributed by atoms with E-state index < -0.39 is 34.5 Å². The molecule has 102 heavy (non-hydrogen) atoms. The minimum absolute atomic E-state index is 0. The van der Waals surface area contributed by atoms with Crippen LogP contribution in [0.4, 0.5) is 0 Å². The summed E-state index contributed by atoms with van der Waals surface area (Å²) in [5.74, 6) is -1.65. The number of phenols is 1. The zero-order chi connectivity index (χ0) is 75.6. The highest BCUT2D eigenvalue weighted by atomic mass is 127. The van der Waals surface area contributed by atoms with E-state index in [0.717, 1.165) is 60.9 Å². The summed E-state index contributed by atoms with van der Waals surface area (Å²) in [6.45, 7) is 49.2. The van der Waals surface area contributed by atoms with Gasteiger partial charge in [-0.2, -0.15) is 0 Å². The van der Waals surface area contributed by atoms with Gasteiger partial charge in [-0.25, -0.2) is 0 Å². The van der Waals surface area contributed by atoms with E-state index in [1.807, 2.05) is 258 Å². The van der Waals surface area contributed by atoms with Crippen molar-refractivity contribution in [1.29, 1.82) is 0 Å². The molecule has 14 rings (SSSR count). The van der Waals surface area contributed by atoms with Crippen LogP contribution in [0.3, 0.4) is 0 Å². The van der Waals surface area contributed by atoms with Crippen LogP contribution in [0.2, 0.25) is 0 Å². The molecule has 1 fully saturated rings. The first-order valence-electron chi connectivity index (χ1n) is 37.0. The molecule has 0 saturated carbocycles. The summed E-state index contributed by atoms with van der Waals surface area (Å²) in [4.78, 5) is 34.8. The van der Waals surface area contributed by atoms with Crippen LogP contribution in [0.15, 0.2) is 224 Å². The number of carbonyl (C=O) groups excluding carboxylic acids is 1. The van der Waals surface area contributed by atoms with Crippen molar-refractivity contribution < 1.29 is 39.5 Å². The highest BCUT2D eigenvalue weighted by Crippen LogP contribution is 2.62. The number of aliphatic hydroxyl groups is 1. The smallest absolute Gasteiger partial charge is 0.307 e. The predicted octanol–water partition coefficient (Wildman–Crippen LogP) is 25.7. The number of benzene rings is 9. The predicted molar refractivity (Wildman–Crippen MR) is 446 cm³/mol. The molecule has 0 aromatic heterocycles. The lowest BCUT2D eigenvalue weighted by atomic mass is 9.70. The number of carboxylic acids is 2. The summed E-state index contributed by atoms with van der Waals surface area (Å²) in [7, 11) is 0. The third-order valence-electron chi connectivity index (χ3n) is 19.1. The summed E-state index contributed by atoms with van der Waals surface area (Å²) in [6, 6.07) is 72.6. The first-order valence-corrected chi connectivity index (χ1v) is 37.0. The minimum atomic E-state index is -1.28. The molecule has 0 spiro atoms. The standard InChI is InChI=1S/C19H20O3.2C19H18O2.C19H16O.8C2H6.CH4.HI/c1-18(2)14-10-6-7-11-15(14)19(22,16(18)12-17(20)21)13-8-4-3-5-9-13;1-18(2)14-10-6-7-11-15(14)19(13-8-4-3-5-9-13)16(18)12-17(20)21-19;1-19(2)15-11-7-6-10-14(15)18(16(19)12-17(20)21)13-8-4-3-5-9-13;1-19(2)15-10-6-5-9-14(15)18-13-8-4-3-7-12(13)17(20)11-16(18)19;8*1-2;;/h3-11,16,22H,12H2,1-2H3,(H,20,21);3-11,16H,12H2,1-2H3;3-11H,12H2,1-2H3,(H,20,21);3-11,20H,1-2H3;8*1-2H3;1H4;1H. The molecule has 9 heteroatoms. The van der Waals surface area contributed by atoms with E-state index in [2.05, 4.69) is 126 Å². The van der Waals surface area contributed by atoms with Crippen molar-refractivity contribution in [2.24, 2.45) is 11.8 Å². The van der Waals surface area contributed by atoms with Crippen molar-refractivity contribution in [3.8, 4) is 16.9 Å². The van der Waals surface area contributed by atoms with Crippen molar-refractivity contribution in [3.63, 3.8) is 0 Å². The van der Waals surface area contributed by atoms with Crippen LogP contribution >= 0.6 is 24.0 Å². The van der Waals surface area contributed by atoms with Crippen LogP contribution in [-0.4, -0.2) is 38.3 Å². The van der Waals surface area contributed by atoms with Crippen LogP contribution in [-0.2, 0) is 52.0 Å². The Morgan fingerprint density at radius 1 is 0.431 bits per heavy atom. The quantitative estimate of drug-likeness (QED) is 0.0913. The normalized spacial score (nSPS) is 18.2. The van der Waals surface area contributed by atoms with Gasteiger partial charge in [-0.05, 0) is 94.6 Å². The first-order chi connectivity index (χ1) is 48.1. The van der Waals surface area contributed by atoms with Crippen LogP contribution < -0.4 is 0 Å². The molecule has 1 saturated heterocycles. The maximum absolute atomic E-state index is 12.1. The Balaban J connectivity index is 0.000000633. The number of fused-ring (bicyclic) bond motifs is 10. The van der Waals surface area contributed by atoms with E-state index in [1.54, 1.807) is 0 Å². The fraction of sp³-hybridized carbons (Fsp3) is 0.387. The zero-order valence-corrected chi connectivity index (χ0v) is 67.7. The lowest BCUT2D eigenvalue weighted by Crippen LogP contribution is -2.40. The molecule has 4 atom stereocenters. The van der Waals surface area contributed by atoms with Gasteiger partial charge >= 0.3 is 17.9 Å². The van der Waals surface area contributed by atoms with E-state index in [1.165, 1.54) is 33.4 Å². The van der Waals surface area contributed by atoms with Crippen molar-refractivity contribution in [3.05, 3.63) is 285 Å². The number of hydrogen-bond acceptors (Lipinski definition) is 6. The van der Waals surface area contributed by atoms with E-state index in [0.29, 0.717) is 12.2 Å². The van der Waals surface area contributed by atoms with E-state index in [9.17, 15) is 34.8 Å². The Morgan fingerprint density at radius 3 is 1.29 bits per heavy atom. The van der Waals surface area contributed by atoms with Gasteiger partial charge in [0.1, 0.15) is 11.4 Å². The van der Waals surface area contributed by atoms with Gasteiger partial charge in [0.25, 0.3) is 0 Å². The molecule has 9 aromatic rings. The van der Waals surface area contributed by atoms with Crippen LogP contribution in [0.5, 0.6) is 5.75 Å². The van der Waals surface area contributed by atoms with Gasteiger partial charge < -0.3 is 25.2 Å². The number of esters is 1. The molecule has 5 aliphatic rings. The van der Waals surface area contributed by atoms with Crippen molar-refractivity contribution >= 4 is 58.2 Å². The second-order valence-corrected chi connectivity index (χ2v) is 25.1. The van der Waals surface area contributed by atoms with Gasteiger partial charge in [-0.15, -0.1) is 24.0 Å². The number of phenolic OH excluding ortho intramolecular Hbond substituents is 1. The number of halogens is 1. The molecule has 4 unspecified atom stereocenters. The molecular formula is C93H125IO8. The van der Waals surface area contributed by atoms with Crippen molar-refractivity contribution in [2.45, 2.75) is 226 Å². The highest BCUT2D eigenvalue weighted by molar-refractivity contribution is 14.0. The third kappa shape index (κ3) is 18.3. The SMILES string of the molecule is C.CC.CC.CC.CC.CC.CC.CC.CC.CC1(C)C(CC(=O)O)=C(c2ccccc2)c2ccccc21.CC1(C)c2ccccc2-c2c1cc(O)c1ccccc21.CC1(C)c2ccccc2C(O)(c2ccccc2)C1CC(=O)O.CC1(C)c2ccccc2C2(c3ccccc3)OC(=O)CC12.I. The molecule has 0 radical (unpaired) electrons.